The van der Waals surface area contributed by atoms with Crippen LogP contribution >= 0.6 is 0 Å². The molecule has 1 aromatic carbocycles. The lowest BCUT2D eigenvalue weighted by atomic mass is 10.0. The van der Waals surface area contributed by atoms with Crippen molar-refractivity contribution in [3.63, 3.8) is 0 Å². The first-order chi connectivity index (χ1) is 17.6. The predicted molar refractivity (Wildman–Crippen MR) is 142 cm³/mol. The predicted octanol–water partition coefficient (Wildman–Crippen LogP) is 6.50. The van der Waals surface area contributed by atoms with Gasteiger partial charge in [-0.15, -0.1) is 0 Å². The van der Waals surface area contributed by atoms with Crippen LogP contribution in [0.2, 0.25) is 0 Å². The fourth-order valence-corrected chi connectivity index (χ4v) is 5.97. The average molecular weight is 531 g/mol. The highest BCUT2D eigenvalue weighted by Crippen LogP contribution is 2.34. The first kappa shape index (κ1) is 26.8. The second-order valence-corrected chi connectivity index (χ2v) is 12.0. The Labute approximate surface area is 216 Å². The Morgan fingerprint density at radius 3 is 2.73 bits per heavy atom. The summed E-state index contributed by atoms with van der Waals surface area (Å²) in [6.07, 6.45) is 4.87. The fraction of sp³-hybridized carbons (Fsp3) is 0.407. The molecule has 0 spiro atoms. The van der Waals surface area contributed by atoms with E-state index in [9.17, 15) is 13.0 Å². The van der Waals surface area contributed by atoms with E-state index < -0.39 is 21.4 Å². The van der Waals surface area contributed by atoms with E-state index in [2.05, 4.69) is 19.6 Å². The third kappa shape index (κ3) is 7.38. The highest BCUT2D eigenvalue weighted by molar-refractivity contribution is 7.92. The summed E-state index contributed by atoms with van der Waals surface area (Å²) in [5, 5.41) is 3.11. The molecule has 0 saturated heterocycles. The number of ether oxygens (including phenoxy) is 2. The zero-order valence-electron chi connectivity index (χ0n) is 21.5. The van der Waals surface area contributed by atoms with E-state index in [-0.39, 0.29) is 29.2 Å². The summed E-state index contributed by atoms with van der Waals surface area (Å²) in [6, 6.07) is 9.04. The van der Waals surface area contributed by atoms with Crippen LogP contribution in [0, 0.1) is 11.6 Å². The fourth-order valence-electron chi connectivity index (χ4n) is 4.22. The van der Waals surface area contributed by atoms with Gasteiger partial charge in [-0.1, -0.05) is 0 Å². The van der Waals surface area contributed by atoms with Crippen LogP contribution in [0.25, 0.3) is 11.1 Å². The number of pyridine rings is 2. The van der Waals surface area contributed by atoms with Gasteiger partial charge in [0.2, 0.25) is 5.88 Å². The number of hydrogen-bond acceptors (Lipinski definition) is 7. The minimum Gasteiger partial charge on any atom is -0.493 e. The van der Waals surface area contributed by atoms with Gasteiger partial charge in [0.15, 0.2) is 0 Å². The summed E-state index contributed by atoms with van der Waals surface area (Å²) in [4.78, 5) is 8.73. The molecule has 1 aliphatic heterocycles. The number of nitrogens with zero attached hydrogens (tertiary/aromatic N) is 3. The quantitative estimate of drug-likeness (QED) is 0.416. The molecule has 2 atom stereocenters. The largest absolute Gasteiger partial charge is 0.493 e. The van der Waals surface area contributed by atoms with Crippen molar-refractivity contribution >= 4 is 21.4 Å². The van der Waals surface area contributed by atoms with Crippen molar-refractivity contribution in [2.24, 2.45) is 4.36 Å². The van der Waals surface area contributed by atoms with Gasteiger partial charge in [0.1, 0.15) is 29.0 Å². The van der Waals surface area contributed by atoms with Crippen LogP contribution in [-0.2, 0) is 15.5 Å². The molecule has 3 aromatic rings. The minimum absolute atomic E-state index is 0.0617. The minimum atomic E-state index is -2.48. The number of halogens is 2. The van der Waals surface area contributed by atoms with Gasteiger partial charge in [-0.05, 0) is 69.9 Å². The molecular weight excluding hydrogens is 498 g/mol. The summed E-state index contributed by atoms with van der Waals surface area (Å²) in [6.45, 7) is 6.09. The molecule has 7 nitrogen and oxygen atoms in total. The summed E-state index contributed by atoms with van der Waals surface area (Å²) in [5.41, 5.74) is 1.39. The summed E-state index contributed by atoms with van der Waals surface area (Å²) < 4.78 is 58.3. The van der Waals surface area contributed by atoms with Crippen molar-refractivity contribution in [1.29, 1.82) is 0 Å². The lowest BCUT2D eigenvalue weighted by Gasteiger charge is -2.18. The third-order valence-corrected chi connectivity index (χ3v) is 7.40. The Bertz CT molecular complexity index is 1390. The highest BCUT2D eigenvalue weighted by atomic mass is 32.2. The smallest absolute Gasteiger partial charge is 0.215 e. The molecule has 0 amide bonds. The molecule has 198 valence electrons. The molecule has 4 bridgehead atoms. The molecule has 1 N–H and O–H groups in total. The summed E-state index contributed by atoms with van der Waals surface area (Å²) in [7, 11) is -2.48. The number of aromatic nitrogens is 2. The maximum atomic E-state index is 14.9. The monoisotopic (exact) mass is 530 g/mol. The Morgan fingerprint density at radius 2 is 1.95 bits per heavy atom. The first-order valence-electron chi connectivity index (χ1n) is 12.3. The molecule has 0 saturated carbocycles. The van der Waals surface area contributed by atoms with E-state index in [0.29, 0.717) is 36.1 Å². The number of benzene rings is 1. The number of nitrogens with one attached hydrogen (secondary N) is 1. The van der Waals surface area contributed by atoms with Crippen molar-refractivity contribution in [1.82, 2.24) is 9.97 Å². The van der Waals surface area contributed by atoms with E-state index >= 15 is 0 Å². The van der Waals surface area contributed by atoms with Crippen molar-refractivity contribution in [3.05, 3.63) is 59.8 Å². The van der Waals surface area contributed by atoms with Crippen molar-refractivity contribution in [3.8, 4) is 22.8 Å². The second-order valence-electron chi connectivity index (χ2n) is 9.59. The second kappa shape index (κ2) is 11.4. The van der Waals surface area contributed by atoms with E-state index in [1.54, 1.807) is 18.4 Å². The Hall–Kier alpha value is -3.27. The molecule has 37 heavy (non-hydrogen) atoms. The van der Waals surface area contributed by atoms with Crippen LogP contribution < -0.4 is 14.8 Å². The molecule has 0 radical (unpaired) electrons. The molecular formula is C27H32F2N4O3S. The van der Waals surface area contributed by atoms with Crippen LogP contribution in [0.4, 0.5) is 20.4 Å². The van der Waals surface area contributed by atoms with Crippen molar-refractivity contribution in [2.45, 2.75) is 57.9 Å². The zero-order valence-corrected chi connectivity index (χ0v) is 22.3. The maximum absolute atomic E-state index is 14.9. The molecule has 1 aliphatic rings. The Morgan fingerprint density at radius 1 is 1.14 bits per heavy atom. The van der Waals surface area contributed by atoms with Gasteiger partial charge in [0.25, 0.3) is 0 Å². The van der Waals surface area contributed by atoms with Crippen LogP contribution in [0.3, 0.4) is 0 Å². The van der Waals surface area contributed by atoms with Gasteiger partial charge in [-0.2, -0.15) is 4.98 Å². The van der Waals surface area contributed by atoms with Crippen LogP contribution in [0.1, 0.15) is 45.6 Å². The van der Waals surface area contributed by atoms with E-state index in [4.69, 9.17) is 9.47 Å². The molecule has 2 unspecified atom stereocenters. The van der Waals surface area contributed by atoms with Crippen molar-refractivity contribution < 1.29 is 22.5 Å². The normalized spacial score (nSPS) is 17.5. The average Bonchev–Trinajstić information content (AvgIpc) is 2.78. The van der Waals surface area contributed by atoms with Gasteiger partial charge in [0.05, 0.1) is 30.7 Å². The Kier molecular flexibility index (Phi) is 8.26. The van der Waals surface area contributed by atoms with Gasteiger partial charge >= 0.3 is 0 Å². The van der Waals surface area contributed by atoms with Gasteiger partial charge in [-0.3, -0.25) is 0 Å². The molecule has 4 rings (SSSR count). The van der Waals surface area contributed by atoms with E-state index in [1.165, 1.54) is 24.3 Å². The summed E-state index contributed by atoms with van der Waals surface area (Å²) >= 11 is 0. The molecule has 0 fully saturated rings. The topological polar surface area (TPSA) is 85.7 Å². The summed E-state index contributed by atoms with van der Waals surface area (Å²) in [5.74, 6) is 0.585. The number of rotatable bonds is 3. The van der Waals surface area contributed by atoms with Crippen LogP contribution in [0.15, 0.2) is 47.0 Å². The SMILES string of the molecule is CC(C)N=S(C)(=O)Cc1cc2nc(c1)OC(C)CCCCOc1cc(F)ccc1-c1cc(ncc1F)N2. The number of anilines is 2. The maximum Gasteiger partial charge on any atom is 0.215 e. The first-order valence-corrected chi connectivity index (χ1v) is 14.4. The highest BCUT2D eigenvalue weighted by Gasteiger charge is 2.17. The zero-order chi connectivity index (χ0) is 26.6. The third-order valence-electron chi connectivity index (χ3n) is 5.66. The van der Waals surface area contributed by atoms with Crippen LogP contribution in [0.5, 0.6) is 11.6 Å². The van der Waals surface area contributed by atoms with Crippen molar-refractivity contribution in [2.75, 3.05) is 18.2 Å². The Balaban J connectivity index is 1.78. The molecule has 0 aliphatic carbocycles. The standard InChI is InChI=1S/C27H32F2N4O3S/c1-17(2)33-37(4,34)16-19-11-26-31-25-14-22(23(29)15-30-25)21-9-8-20(28)13-24(21)35-10-6-5-7-18(3)36-27(12-19)32-26/h8-9,11-15,17-18H,5-7,10,16H2,1-4H3,(H,30,31,32). The molecule has 3 heterocycles. The van der Waals surface area contributed by atoms with Crippen LogP contribution in [-0.4, -0.2) is 39.2 Å². The number of fused-ring (bicyclic) bond motifs is 6. The molecule has 10 heteroatoms. The van der Waals surface area contributed by atoms with Gasteiger partial charge in [-0.25, -0.2) is 22.3 Å². The number of hydrogen-bond donors (Lipinski definition) is 1. The lowest BCUT2D eigenvalue weighted by molar-refractivity contribution is 0.194. The van der Waals surface area contributed by atoms with Gasteiger partial charge in [0, 0.05) is 39.2 Å². The van der Waals surface area contributed by atoms with E-state index in [0.717, 1.165) is 24.6 Å². The van der Waals surface area contributed by atoms with Gasteiger partial charge < -0.3 is 14.8 Å². The molecule has 2 aromatic heterocycles. The van der Waals surface area contributed by atoms with E-state index in [1.807, 2.05) is 20.8 Å². The lowest BCUT2D eigenvalue weighted by Crippen LogP contribution is -2.14.